The van der Waals surface area contributed by atoms with Crippen LogP contribution in [0, 0.1) is 0 Å². The molecule has 0 spiro atoms. The second kappa shape index (κ2) is 6.53. The first-order valence-corrected chi connectivity index (χ1v) is 7.83. The van der Waals surface area contributed by atoms with Crippen molar-refractivity contribution in [2.45, 2.75) is 64.2 Å². The zero-order chi connectivity index (χ0) is 14.6. The standard InChI is InChI=1S/C16H28N4/c1-16(2,3)14-13(18-10-9-17)11-19-15(20-14)12-7-5-4-6-8-12/h11-12,18H,4-10,17H2,1-3H3. The van der Waals surface area contributed by atoms with E-state index in [2.05, 4.69) is 31.1 Å². The number of anilines is 1. The summed E-state index contributed by atoms with van der Waals surface area (Å²) < 4.78 is 0. The van der Waals surface area contributed by atoms with Gasteiger partial charge in [0.25, 0.3) is 0 Å². The van der Waals surface area contributed by atoms with Crippen molar-refractivity contribution in [1.29, 1.82) is 0 Å². The third-order valence-corrected chi connectivity index (χ3v) is 3.95. The van der Waals surface area contributed by atoms with Gasteiger partial charge in [0.1, 0.15) is 5.82 Å². The summed E-state index contributed by atoms with van der Waals surface area (Å²) in [5, 5.41) is 3.35. The van der Waals surface area contributed by atoms with Crippen LogP contribution in [-0.2, 0) is 5.41 Å². The lowest BCUT2D eigenvalue weighted by molar-refractivity contribution is 0.424. The molecule has 0 saturated heterocycles. The summed E-state index contributed by atoms with van der Waals surface area (Å²) in [6.45, 7) is 7.98. The van der Waals surface area contributed by atoms with E-state index in [1.54, 1.807) is 0 Å². The van der Waals surface area contributed by atoms with Gasteiger partial charge < -0.3 is 11.1 Å². The molecule has 3 N–H and O–H groups in total. The molecule has 2 rings (SSSR count). The Morgan fingerprint density at radius 1 is 1.25 bits per heavy atom. The van der Waals surface area contributed by atoms with Crippen LogP contribution in [0.5, 0.6) is 0 Å². The highest BCUT2D eigenvalue weighted by molar-refractivity contribution is 5.49. The van der Waals surface area contributed by atoms with Crippen molar-refractivity contribution in [3.63, 3.8) is 0 Å². The number of hydrogen-bond acceptors (Lipinski definition) is 4. The van der Waals surface area contributed by atoms with Gasteiger partial charge in [-0.05, 0) is 12.8 Å². The second-order valence-electron chi connectivity index (χ2n) is 6.79. The zero-order valence-electron chi connectivity index (χ0n) is 13.1. The van der Waals surface area contributed by atoms with Gasteiger partial charge in [0, 0.05) is 24.4 Å². The normalized spacial score (nSPS) is 17.2. The Bertz CT molecular complexity index is 431. The predicted octanol–water partition coefficient (Wildman–Crippen LogP) is 3.19. The van der Waals surface area contributed by atoms with E-state index in [9.17, 15) is 0 Å². The molecular weight excluding hydrogens is 248 g/mol. The molecule has 0 aromatic carbocycles. The van der Waals surface area contributed by atoms with E-state index in [4.69, 9.17) is 10.7 Å². The third kappa shape index (κ3) is 3.69. The number of nitrogens with two attached hydrogens (primary N) is 1. The Hall–Kier alpha value is -1.16. The first-order chi connectivity index (χ1) is 9.52. The maximum absolute atomic E-state index is 5.58. The molecule has 1 saturated carbocycles. The molecule has 0 aliphatic heterocycles. The summed E-state index contributed by atoms with van der Waals surface area (Å²) in [6.07, 6.45) is 8.41. The van der Waals surface area contributed by atoms with Crippen molar-refractivity contribution in [2.24, 2.45) is 5.73 Å². The van der Waals surface area contributed by atoms with Crippen molar-refractivity contribution in [3.05, 3.63) is 17.7 Å². The minimum atomic E-state index is 0.0172. The number of rotatable bonds is 4. The van der Waals surface area contributed by atoms with Crippen LogP contribution in [0.2, 0.25) is 0 Å². The lowest BCUT2D eigenvalue weighted by Crippen LogP contribution is -2.22. The fourth-order valence-electron chi connectivity index (χ4n) is 2.86. The quantitative estimate of drug-likeness (QED) is 0.886. The molecule has 0 bridgehead atoms. The summed E-state index contributed by atoms with van der Waals surface area (Å²) in [5.74, 6) is 1.58. The number of hydrogen-bond donors (Lipinski definition) is 2. The minimum Gasteiger partial charge on any atom is -0.381 e. The van der Waals surface area contributed by atoms with Gasteiger partial charge in [-0.1, -0.05) is 40.0 Å². The number of nitrogens with one attached hydrogen (secondary N) is 1. The van der Waals surface area contributed by atoms with Crippen molar-refractivity contribution < 1.29 is 0 Å². The van der Waals surface area contributed by atoms with E-state index in [0.717, 1.165) is 23.8 Å². The SMILES string of the molecule is CC(C)(C)c1nc(C2CCCCC2)ncc1NCCN. The van der Waals surface area contributed by atoms with Crippen LogP contribution in [0.25, 0.3) is 0 Å². The van der Waals surface area contributed by atoms with Crippen molar-refractivity contribution in [1.82, 2.24) is 9.97 Å². The molecule has 1 aromatic heterocycles. The van der Waals surface area contributed by atoms with Gasteiger partial charge in [-0.3, -0.25) is 0 Å². The lowest BCUT2D eigenvalue weighted by atomic mass is 9.87. The van der Waals surface area contributed by atoms with Gasteiger partial charge in [0.05, 0.1) is 17.6 Å². The molecule has 1 aliphatic rings. The van der Waals surface area contributed by atoms with Crippen molar-refractivity contribution in [3.8, 4) is 0 Å². The fraction of sp³-hybridized carbons (Fsp3) is 0.750. The highest BCUT2D eigenvalue weighted by atomic mass is 15.0. The van der Waals surface area contributed by atoms with Crippen LogP contribution in [-0.4, -0.2) is 23.1 Å². The maximum Gasteiger partial charge on any atom is 0.131 e. The summed E-state index contributed by atoms with van der Waals surface area (Å²) in [5.41, 5.74) is 7.74. The molecule has 1 heterocycles. The Kier molecular flexibility index (Phi) is 4.97. The molecule has 112 valence electrons. The summed E-state index contributed by atoms with van der Waals surface area (Å²) in [7, 11) is 0. The Balaban J connectivity index is 2.27. The Labute approximate surface area is 122 Å². The summed E-state index contributed by atoms with van der Waals surface area (Å²) >= 11 is 0. The van der Waals surface area contributed by atoms with Gasteiger partial charge >= 0.3 is 0 Å². The average Bonchev–Trinajstić information content (AvgIpc) is 2.45. The molecule has 4 heteroatoms. The third-order valence-electron chi connectivity index (χ3n) is 3.95. The van der Waals surface area contributed by atoms with Gasteiger partial charge in [-0.2, -0.15) is 0 Å². The molecule has 1 aromatic rings. The van der Waals surface area contributed by atoms with Crippen LogP contribution in [0.3, 0.4) is 0 Å². The highest BCUT2D eigenvalue weighted by Crippen LogP contribution is 2.33. The lowest BCUT2D eigenvalue weighted by Gasteiger charge is -2.25. The second-order valence-corrected chi connectivity index (χ2v) is 6.79. The van der Waals surface area contributed by atoms with Crippen LogP contribution < -0.4 is 11.1 Å². The van der Waals surface area contributed by atoms with Crippen molar-refractivity contribution in [2.75, 3.05) is 18.4 Å². The predicted molar refractivity (Wildman–Crippen MR) is 84.1 cm³/mol. The minimum absolute atomic E-state index is 0.0172. The summed E-state index contributed by atoms with van der Waals surface area (Å²) in [6, 6.07) is 0. The van der Waals surface area contributed by atoms with E-state index in [0.29, 0.717) is 12.5 Å². The molecular formula is C16H28N4. The molecule has 0 atom stereocenters. The van der Waals surface area contributed by atoms with Gasteiger partial charge in [0.15, 0.2) is 0 Å². The summed E-state index contributed by atoms with van der Waals surface area (Å²) in [4.78, 5) is 9.52. The first-order valence-electron chi connectivity index (χ1n) is 7.83. The smallest absolute Gasteiger partial charge is 0.131 e. The van der Waals surface area contributed by atoms with Crippen LogP contribution in [0.1, 0.15) is 70.3 Å². The van der Waals surface area contributed by atoms with Crippen molar-refractivity contribution >= 4 is 5.69 Å². The molecule has 20 heavy (non-hydrogen) atoms. The Morgan fingerprint density at radius 2 is 1.95 bits per heavy atom. The van der Waals surface area contributed by atoms with E-state index < -0.39 is 0 Å². The Morgan fingerprint density at radius 3 is 2.55 bits per heavy atom. The molecule has 0 unspecified atom stereocenters. The van der Waals surface area contributed by atoms with Crippen LogP contribution >= 0.6 is 0 Å². The topological polar surface area (TPSA) is 63.8 Å². The molecule has 0 radical (unpaired) electrons. The largest absolute Gasteiger partial charge is 0.381 e. The first kappa shape index (κ1) is 15.2. The van der Waals surface area contributed by atoms with E-state index >= 15 is 0 Å². The van der Waals surface area contributed by atoms with Crippen LogP contribution in [0.4, 0.5) is 5.69 Å². The van der Waals surface area contributed by atoms with E-state index in [1.807, 2.05) is 6.20 Å². The van der Waals surface area contributed by atoms with E-state index in [1.165, 1.54) is 32.1 Å². The van der Waals surface area contributed by atoms with E-state index in [-0.39, 0.29) is 5.41 Å². The maximum atomic E-state index is 5.58. The van der Waals surface area contributed by atoms with Gasteiger partial charge in [0.2, 0.25) is 0 Å². The zero-order valence-corrected chi connectivity index (χ0v) is 13.1. The van der Waals surface area contributed by atoms with Gasteiger partial charge in [-0.25, -0.2) is 9.97 Å². The van der Waals surface area contributed by atoms with Crippen LogP contribution in [0.15, 0.2) is 6.20 Å². The molecule has 0 amide bonds. The fourth-order valence-corrected chi connectivity index (χ4v) is 2.86. The molecule has 4 nitrogen and oxygen atoms in total. The monoisotopic (exact) mass is 276 g/mol. The molecule has 1 fully saturated rings. The number of nitrogens with zero attached hydrogens (tertiary/aromatic N) is 2. The molecule has 1 aliphatic carbocycles. The average molecular weight is 276 g/mol. The highest BCUT2D eigenvalue weighted by Gasteiger charge is 2.24. The number of aromatic nitrogens is 2. The van der Waals surface area contributed by atoms with Gasteiger partial charge in [-0.15, -0.1) is 0 Å².